The van der Waals surface area contributed by atoms with Crippen molar-refractivity contribution in [3.8, 4) is 5.75 Å². The van der Waals surface area contributed by atoms with E-state index in [1.54, 1.807) is 0 Å². The summed E-state index contributed by atoms with van der Waals surface area (Å²) in [5.41, 5.74) is 7.98. The summed E-state index contributed by atoms with van der Waals surface area (Å²) in [6.45, 7) is 5.95. The zero-order chi connectivity index (χ0) is 17.9. The molecule has 0 spiro atoms. The van der Waals surface area contributed by atoms with E-state index in [1.165, 1.54) is 33.4 Å². The molecule has 3 aromatic carbocycles. The summed E-state index contributed by atoms with van der Waals surface area (Å²) < 4.78 is 6.02. The maximum atomic E-state index is 6.02. The third-order valence-corrected chi connectivity index (χ3v) is 5.15. The minimum Gasteiger partial charge on any atom is -0.489 e. The minimum atomic E-state index is 0.266. The summed E-state index contributed by atoms with van der Waals surface area (Å²) >= 11 is 0. The average Bonchev–Trinajstić information content (AvgIpc) is 2.67. The van der Waals surface area contributed by atoms with Gasteiger partial charge in [-0.05, 0) is 60.2 Å². The van der Waals surface area contributed by atoms with Crippen LogP contribution in [0.4, 0.5) is 0 Å². The summed E-state index contributed by atoms with van der Waals surface area (Å²) in [6, 6.07) is 23.9. The lowest BCUT2D eigenvalue weighted by atomic mass is 9.87. The predicted molar refractivity (Wildman–Crippen MR) is 107 cm³/mol. The number of ether oxygens (including phenoxy) is 1. The van der Waals surface area contributed by atoms with Crippen molar-refractivity contribution in [3.05, 3.63) is 100 Å². The molecule has 2 nitrogen and oxygen atoms in total. The Balaban J connectivity index is 1.57. The Bertz CT molecular complexity index is 901. The molecular weight excluding hydrogens is 318 g/mol. The van der Waals surface area contributed by atoms with Crippen LogP contribution in [0.3, 0.4) is 0 Å². The first-order chi connectivity index (χ1) is 12.7. The van der Waals surface area contributed by atoms with Gasteiger partial charge in [-0.3, -0.25) is 0 Å². The first-order valence-corrected chi connectivity index (χ1v) is 9.31. The number of fused-ring (bicyclic) bond motifs is 1. The normalized spacial score (nSPS) is 16.2. The number of hydrogen-bond donors (Lipinski definition) is 1. The standard InChI is InChI=1S/C24H25NO/c1-17-8-10-22(18(2)14-17)24-23-11-9-21(15-20(23)12-13-25-24)26-16-19-6-4-3-5-7-19/h3-11,14-15,24-25H,12-13,16H2,1-2H3. The summed E-state index contributed by atoms with van der Waals surface area (Å²) in [4.78, 5) is 0. The topological polar surface area (TPSA) is 21.3 Å². The zero-order valence-electron chi connectivity index (χ0n) is 15.5. The van der Waals surface area contributed by atoms with Gasteiger partial charge >= 0.3 is 0 Å². The highest BCUT2D eigenvalue weighted by atomic mass is 16.5. The van der Waals surface area contributed by atoms with Gasteiger partial charge in [0.2, 0.25) is 0 Å². The van der Waals surface area contributed by atoms with E-state index in [0.717, 1.165) is 18.7 Å². The molecule has 0 saturated heterocycles. The van der Waals surface area contributed by atoms with E-state index in [2.05, 4.69) is 67.7 Å². The maximum absolute atomic E-state index is 6.02. The molecule has 3 aromatic rings. The smallest absolute Gasteiger partial charge is 0.120 e. The summed E-state index contributed by atoms with van der Waals surface area (Å²) in [7, 11) is 0. The minimum absolute atomic E-state index is 0.266. The average molecular weight is 343 g/mol. The van der Waals surface area contributed by atoms with Crippen molar-refractivity contribution < 1.29 is 4.74 Å². The van der Waals surface area contributed by atoms with Crippen LogP contribution in [0.15, 0.2) is 66.7 Å². The fourth-order valence-electron chi connectivity index (χ4n) is 3.80. The Morgan fingerprint density at radius 2 is 1.73 bits per heavy atom. The van der Waals surface area contributed by atoms with E-state index in [9.17, 15) is 0 Å². The molecule has 0 radical (unpaired) electrons. The second kappa shape index (κ2) is 7.35. The van der Waals surface area contributed by atoms with E-state index < -0.39 is 0 Å². The highest BCUT2D eigenvalue weighted by Crippen LogP contribution is 2.33. The monoisotopic (exact) mass is 343 g/mol. The van der Waals surface area contributed by atoms with Gasteiger partial charge in [0.15, 0.2) is 0 Å². The van der Waals surface area contributed by atoms with Crippen LogP contribution in [0.1, 0.15) is 39.4 Å². The highest BCUT2D eigenvalue weighted by molar-refractivity contribution is 5.46. The maximum Gasteiger partial charge on any atom is 0.120 e. The molecule has 26 heavy (non-hydrogen) atoms. The van der Waals surface area contributed by atoms with Gasteiger partial charge in [0.25, 0.3) is 0 Å². The number of aryl methyl sites for hydroxylation is 2. The first kappa shape index (κ1) is 16.9. The zero-order valence-corrected chi connectivity index (χ0v) is 15.5. The molecule has 1 heterocycles. The number of nitrogens with one attached hydrogen (secondary N) is 1. The van der Waals surface area contributed by atoms with Gasteiger partial charge in [0, 0.05) is 6.54 Å². The summed E-state index contributed by atoms with van der Waals surface area (Å²) in [5, 5.41) is 3.69. The van der Waals surface area contributed by atoms with Gasteiger partial charge in [-0.15, -0.1) is 0 Å². The van der Waals surface area contributed by atoms with Gasteiger partial charge < -0.3 is 10.1 Å². The Morgan fingerprint density at radius 3 is 2.54 bits per heavy atom. The van der Waals surface area contributed by atoms with Crippen molar-refractivity contribution in [1.29, 1.82) is 0 Å². The number of benzene rings is 3. The van der Waals surface area contributed by atoms with E-state index in [4.69, 9.17) is 4.74 Å². The predicted octanol–water partition coefficient (Wildman–Crippen LogP) is 5.12. The first-order valence-electron chi connectivity index (χ1n) is 9.31. The molecule has 1 unspecified atom stereocenters. The molecule has 132 valence electrons. The molecule has 0 bridgehead atoms. The lowest BCUT2D eigenvalue weighted by molar-refractivity contribution is 0.305. The van der Waals surface area contributed by atoms with Crippen molar-refractivity contribution >= 4 is 0 Å². The third-order valence-electron chi connectivity index (χ3n) is 5.15. The van der Waals surface area contributed by atoms with Crippen LogP contribution < -0.4 is 10.1 Å². The van der Waals surface area contributed by atoms with Crippen LogP contribution in [0.25, 0.3) is 0 Å². The Kier molecular flexibility index (Phi) is 4.77. The molecule has 0 aliphatic carbocycles. The molecule has 1 N–H and O–H groups in total. The van der Waals surface area contributed by atoms with Gasteiger partial charge in [0.1, 0.15) is 12.4 Å². The molecular formula is C24H25NO. The molecule has 1 atom stereocenters. The molecule has 0 amide bonds. The van der Waals surface area contributed by atoms with Gasteiger partial charge in [-0.25, -0.2) is 0 Å². The van der Waals surface area contributed by atoms with Crippen molar-refractivity contribution in [3.63, 3.8) is 0 Å². The molecule has 4 rings (SSSR count). The quantitative estimate of drug-likeness (QED) is 0.710. The fraction of sp³-hybridized carbons (Fsp3) is 0.250. The summed E-state index contributed by atoms with van der Waals surface area (Å²) in [6.07, 6.45) is 1.04. The van der Waals surface area contributed by atoms with Gasteiger partial charge in [-0.1, -0.05) is 60.2 Å². The third kappa shape index (κ3) is 3.51. The van der Waals surface area contributed by atoms with E-state index >= 15 is 0 Å². The van der Waals surface area contributed by atoms with Crippen LogP contribution in [0.2, 0.25) is 0 Å². The number of hydrogen-bond acceptors (Lipinski definition) is 2. The molecule has 1 aliphatic rings. The SMILES string of the molecule is Cc1ccc(C2NCCc3cc(OCc4ccccc4)ccc32)c(C)c1. The van der Waals surface area contributed by atoms with E-state index in [-0.39, 0.29) is 6.04 Å². The van der Waals surface area contributed by atoms with Crippen molar-refractivity contribution in [2.45, 2.75) is 32.9 Å². The molecule has 1 aliphatic heterocycles. The largest absolute Gasteiger partial charge is 0.489 e. The number of rotatable bonds is 4. The Morgan fingerprint density at radius 1 is 0.923 bits per heavy atom. The summed E-state index contributed by atoms with van der Waals surface area (Å²) in [5.74, 6) is 0.953. The van der Waals surface area contributed by atoms with E-state index in [1.807, 2.05) is 18.2 Å². The molecule has 2 heteroatoms. The van der Waals surface area contributed by atoms with Gasteiger partial charge in [0.05, 0.1) is 6.04 Å². The van der Waals surface area contributed by atoms with Crippen molar-refractivity contribution in [2.75, 3.05) is 6.54 Å². The van der Waals surface area contributed by atoms with Crippen LogP contribution in [0, 0.1) is 13.8 Å². The van der Waals surface area contributed by atoms with Gasteiger partial charge in [-0.2, -0.15) is 0 Å². The Hall–Kier alpha value is -2.58. The van der Waals surface area contributed by atoms with E-state index in [0.29, 0.717) is 6.61 Å². The molecule has 0 fully saturated rings. The van der Waals surface area contributed by atoms with Crippen molar-refractivity contribution in [1.82, 2.24) is 5.32 Å². The fourth-order valence-corrected chi connectivity index (χ4v) is 3.80. The Labute approximate surface area is 155 Å². The lowest BCUT2D eigenvalue weighted by Crippen LogP contribution is -2.31. The highest BCUT2D eigenvalue weighted by Gasteiger charge is 2.22. The lowest BCUT2D eigenvalue weighted by Gasteiger charge is -2.29. The van der Waals surface area contributed by atoms with Crippen molar-refractivity contribution in [2.24, 2.45) is 0 Å². The van der Waals surface area contributed by atoms with Crippen LogP contribution in [0.5, 0.6) is 5.75 Å². The van der Waals surface area contributed by atoms with Crippen LogP contribution in [-0.4, -0.2) is 6.54 Å². The van der Waals surface area contributed by atoms with Crippen LogP contribution in [-0.2, 0) is 13.0 Å². The van der Waals surface area contributed by atoms with Crippen LogP contribution >= 0.6 is 0 Å². The molecule has 0 aromatic heterocycles. The second-order valence-electron chi connectivity index (χ2n) is 7.13. The second-order valence-corrected chi connectivity index (χ2v) is 7.13. The molecule has 0 saturated carbocycles.